The van der Waals surface area contributed by atoms with Crippen LogP contribution in [-0.4, -0.2) is 14.7 Å². The van der Waals surface area contributed by atoms with Crippen molar-refractivity contribution in [1.82, 2.24) is 9.78 Å². The van der Waals surface area contributed by atoms with Gasteiger partial charge in [0.15, 0.2) is 0 Å². The molecule has 1 aromatic carbocycles. The van der Waals surface area contributed by atoms with Crippen molar-refractivity contribution >= 4 is 5.69 Å². The molecule has 0 bridgehead atoms. The molecule has 0 aliphatic rings. The second-order valence-electron chi connectivity index (χ2n) is 5.47. The minimum atomic E-state index is -0.520. The van der Waals surface area contributed by atoms with Crippen LogP contribution in [0.25, 0.3) is 5.69 Å². The van der Waals surface area contributed by atoms with E-state index >= 15 is 0 Å². The van der Waals surface area contributed by atoms with Crippen molar-refractivity contribution < 1.29 is 4.92 Å². The van der Waals surface area contributed by atoms with Gasteiger partial charge in [0.05, 0.1) is 21.9 Å². The molecule has 0 radical (unpaired) electrons. The standard InChI is InChI=1S/C14H14N4O2/c1-14(2,3)13-6-7-17(16-13)12-5-4-11(18(19)20)8-10(12)9-15/h4-8H,1-3H3. The van der Waals surface area contributed by atoms with Gasteiger partial charge in [0.2, 0.25) is 0 Å². The van der Waals surface area contributed by atoms with Crippen LogP contribution in [0.3, 0.4) is 0 Å². The summed E-state index contributed by atoms with van der Waals surface area (Å²) in [4.78, 5) is 10.2. The van der Waals surface area contributed by atoms with Gasteiger partial charge in [-0.05, 0) is 12.1 Å². The molecule has 6 heteroatoms. The van der Waals surface area contributed by atoms with Crippen LogP contribution >= 0.6 is 0 Å². The van der Waals surface area contributed by atoms with Gasteiger partial charge in [-0.1, -0.05) is 20.8 Å². The first-order chi connectivity index (χ1) is 9.32. The molecule has 0 saturated heterocycles. The highest BCUT2D eigenvalue weighted by Crippen LogP contribution is 2.23. The Morgan fingerprint density at radius 1 is 1.35 bits per heavy atom. The summed E-state index contributed by atoms with van der Waals surface area (Å²) >= 11 is 0. The number of nitro benzene ring substituents is 1. The van der Waals surface area contributed by atoms with Crippen molar-refractivity contribution in [2.45, 2.75) is 26.2 Å². The maximum absolute atomic E-state index is 10.7. The lowest BCUT2D eigenvalue weighted by molar-refractivity contribution is -0.384. The van der Waals surface area contributed by atoms with Gasteiger partial charge >= 0.3 is 0 Å². The third kappa shape index (κ3) is 2.52. The second kappa shape index (κ2) is 4.78. The Morgan fingerprint density at radius 3 is 2.55 bits per heavy atom. The molecule has 6 nitrogen and oxygen atoms in total. The minimum absolute atomic E-state index is 0.0984. The maximum Gasteiger partial charge on any atom is 0.270 e. The van der Waals surface area contributed by atoms with E-state index in [0.717, 1.165) is 5.69 Å². The van der Waals surface area contributed by atoms with Gasteiger partial charge in [-0.15, -0.1) is 0 Å². The highest BCUT2D eigenvalue weighted by Gasteiger charge is 2.18. The van der Waals surface area contributed by atoms with Crippen molar-refractivity contribution in [3.8, 4) is 11.8 Å². The largest absolute Gasteiger partial charge is 0.270 e. The van der Waals surface area contributed by atoms with E-state index in [-0.39, 0.29) is 16.7 Å². The molecule has 20 heavy (non-hydrogen) atoms. The fraction of sp³-hybridized carbons (Fsp3) is 0.286. The number of aromatic nitrogens is 2. The first kappa shape index (κ1) is 13.7. The van der Waals surface area contributed by atoms with Crippen LogP contribution in [0.5, 0.6) is 0 Å². The summed E-state index contributed by atoms with van der Waals surface area (Å²) in [6, 6.07) is 8.01. The average molecular weight is 270 g/mol. The first-order valence-corrected chi connectivity index (χ1v) is 6.08. The van der Waals surface area contributed by atoms with Crippen LogP contribution in [0.2, 0.25) is 0 Å². The lowest BCUT2D eigenvalue weighted by Gasteiger charge is -2.14. The number of hydrogen-bond donors (Lipinski definition) is 0. The topological polar surface area (TPSA) is 84.7 Å². The molecule has 2 rings (SSSR count). The van der Waals surface area contributed by atoms with Crippen LogP contribution in [0.15, 0.2) is 30.5 Å². The molecule has 0 amide bonds. The van der Waals surface area contributed by atoms with E-state index in [0.29, 0.717) is 5.69 Å². The lowest BCUT2D eigenvalue weighted by Crippen LogP contribution is -2.12. The SMILES string of the molecule is CC(C)(C)c1ccn(-c2ccc([N+](=O)[O-])cc2C#N)n1. The summed E-state index contributed by atoms with van der Waals surface area (Å²) in [7, 11) is 0. The Labute approximate surface area is 116 Å². The maximum atomic E-state index is 10.7. The molecule has 1 aromatic heterocycles. The third-order valence-electron chi connectivity index (χ3n) is 2.92. The molecule has 0 N–H and O–H groups in total. The van der Waals surface area contributed by atoms with Gasteiger partial charge in [-0.3, -0.25) is 10.1 Å². The average Bonchev–Trinajstić information content (AvgIpc) is 2.87. The molecule has 0 saturated carbocycles. The van der Waals surface area contributed by atoms with Gasteiger partial charge in [0.25, 0.3) is 5.69 Å². The zero-order valence-electron chi connectivity index (χ0n) is 11.5. The Bertz CT molecular complexity index is 705. The molecule has 0 spiro atoms. The Kier molecular flexibility index (Phi) is 3.28. The highest BCUT2D eigenvalue weighted by molar-refractivity contribution is 5.54. The third-order valence-corrected chi connectivity index (χ3v) is 2.92. The van der Waals surface area contributed by atoms with Crippen molar-refractivity contribution in [2.24, 2.45) is 0 Å². The summed E-state index contributed by atoms with van der Waals surface area (Å²) in [5, 5.41) is 24.3. The lowest BCUT2D eigenvalue weighted by atomic mass is 9.93. The molecular weight excluding hydrogens is 256 g/mol. The van der Waals surface area contributed by atoms with Gasteiger partial charge < -0.3 is 0 Å². The molecule has 2 aromatic rings. The summed E-state index contributed by atoms with van der Waals surface area (Å²) in [6.07, 6.45) is 1.75. The zero-order chi connectivity index (χ0) is 14.9. The monoisotopic (exact) mass is 270 g/mol. The molecule has 102 valence electrons. The van der Waals surface area contributed by atoms with Crippen molar-refractivity contribution in [3.05, 3.63) is 51.8 Å². The van der Waals surface area contributed by atoms with Crippen molar-refractivity contribution in [3.63, 3.8) is 0 Å². The van der Waals surface area contributed by atoms with Crippen LogP contribution in [0, 0.1) is 21.4 Å². The normalized spacial score (nSPS) is 11.1. The van der Waals surface area contributed by atoms with Crippen LogP contribution in [0.4, 0.5) is 5.69 Å². The minimum Gasteiger partial charge on any atom is -0.258 e. The van der Waals surface area contributed by atoms with Gasteiger partial charge in [0.1, 0.15) is 6.07 Å². The molecule has 0 aliphatic carbocycles. The second-order valence-corrected chi connectivity index (χ2v) is 5.47. The molecular formula is C14H14N4O2. The van der Waals surface area contributed by atoms with Crippen molar-refractivity contribution in [1.29, 1.82) is 5.26 Å². The predicted octanol–water partition coefficient (Wildman–Crippen LogP) is 2.95. The van der Waals surface area contributed by atoms with E-state index in [1.165, 1.54) is 18.2 Å². The van der Waals surface area contributed by atoms with E-state index in [2.05, 4.69) is 5.10 Å². The molecule has 1 heterocycles. The first-order valence-electron chi connectivity index (χ1n) is 6.08. The van der Waals surface area contributed by atoms with E-state index in [1.54, 1.807) is 10.9 Å². The van der Waals surface area contributed by atoms with Crippen molar-refractivity contribution in [2.75, 3.05) is 0 Å². The molecule has 0 fully saturated rings. The highest BCUT2D eigenvalue weighted by atomic mass is 16.6. The number of rotatable bonds is 2. The fourth-order valence-corrected chi connectivity index (χ4v) is 1.79. The molecule has 0 aliphatic heterocycles. The summed E-state index contributed by atoms with van der Waals surface area (Å²) in [6.45, 7) is 6.13. The van der Waals surface area contributed by atoms with E-state index < -0.39 is 4.92 Å². The number of non-ortho nitro benzene ring substituents is 1. The number of benzene rings is 1. The smallest absolute Gasteiger partial charge is 0.258 e. The van der Waals surface area contributed by atoms with Gasteiger partial charge in [-0.2, -0.15) is 10.4 Å². The molecule has 0 unspecified atom stereocenters. The van der Waals surface area contributed by atoms with Crippen LogP contribution in [0.1, 0.15) is 32.0 Å². The summed E-state index contributed by atoms with van der Waals surface area (Å²) in [5.74, 6) is 0. The Balaban J connectivity index is 2.51. The quantitative estimate of drug-likeness (QED) is 0.620. The number of hydrogen-bond acceptors (Lipinski definition) is 4. The zero-order valence-corrected chi connectivity index (χ0v) is 11.5. The summed E-state index contributed by atoms with van der Waals surface area (Å²) < 4.78 is 1.57. The van der Waals surface area contributed by atoms with Crippen LogP contribution < -0.4 is 0 Å². The fourth-order valence-electron chi connectivity index (χ4n) is 1.79. The van der Waals surface area contributed by atoms with Gasteiger partial charge in [0, 0.05) is 23.7 Å². The summed E-state index contributed by atoms with van der Waals surface area (Å²) in [5.41, 5.74) is 1.45. The Hall–Kier alpha value is -2.68. The van der Waals surface area contributed by atoms with Gasteiger partial charge in [-0.25, -0.2) is 4.68 Å². The number of nitrogens with zero attached hydrogens (tertiary/aromatic N) is 4. The molecule has 0 atom stereocenters. The van der Waals surface area contributed by atoms with Crippen LogP contribution in [-0.2, 0) is 5.41 Å². The van der Waals surface area contributed by atoms with E-state index in [1.807, 2.05) is 32.9 Å². The van der Waals surface area contributed by atoms with E-state index in [9.17, 15) is 10.1 Å². The number of nitro groups is 1. The van der Waals surface area contributed by atoms with E-state index in [4.69, 9.17) is 5.26 Å². The number of nitriles is 1. The Morgan fingerprint density at radius 2 is 2.05 bits per heavy atom. The predicted molar refractivity (Wildman–Crippen MR) is 73.6 cm³/mol.